The number of nitrogens with two attached hydrogens (primary N) is 1. The minimum Gasteiger partial charge on any atom is -0.484 e. The van der Waals surface area contributed by atoms with Gasteiger partial charge in [-0.1, -0.05) is 36.4 Å². The van der Waals surface area contributed by atoms with Crippen LogP contribution in [0.5, 0.6) is 5.75 Å². The maximum atomic E-state index is 13.6. The quantitative estimate of drug-likeness (QED) is 0.262. The van der Waals surface area contributed by atoms with Gasteiger partial charge in [0, 0.05) is 25.2 Å². The van der Waals surface area contributed by atoms with Crippen molar-refractivity contribution in [1.82, 2.24) is 15.1 Å². The van der Waals surface area contributed by atoms with Crippen molar-refractivity contribution in [2.24, 2.45) is 5.73 Å². The molecule has 5 rings (SSSR count). The molecule has 0 radical (unpaired) electrons. The van der Waals surface area contributed by atoms with Gasteiger partial charge >= 0.3 is 17.9 Å². The number of hydrogen-bond acceptors (Lipinski definition) is 5. The summed E-state index contributed by atoms with van der Waals surface area (Å²) in [6, 6.07) is 19.6. The number of hydrogen-bond donors (Lipinski definition) is 2. The number of alkyl halides is 2. The molecule has 0 saturated carbocycles. The number of carbonyl (C=O) groups excluding carboxylic acids is 3. The van der Waals surface area contributed by atoms with Crippen molar-refractivity contribution >= 4 is 28.7 Å². The molecule has 4 aromatic rings. The highest BCUT2D eigenvalue weighted by Gasteiger charge is 2.51. The molecular weight excluding hydrogens is 556 g/mol. The highest BCUT2D eigenvalue weighted by Crippen LogP contribution is 2.32. The highest BCUT2D eigenvalue weighted by atomic mass is 19.3. The fourth-order valence-electron chi connectivity index (χ4n) is 5.75. The molecule has 0 aliphatic carbocycles. The fraction of sp³-hybridized carbons (Fsp3) is 0.312. The van der Waals surface area contributed by atoms with Gasteiger partial charge in [0.25, 0.3) is 5.91 Å². The average Bonchev–Trinajstić information content (AvgIpc) is 3.59. The SMILES string of the molecule is C[C@H](NC(=O)C(C)(F)F)[C@H](Oc1ccc2c(cnn2-c2cccc(C(=O)[N+]3(C(N)=O)CCC[C@H]3C)c2)c1)c1ccccc1. The van der Waals surface area contributed by atoms with Gasteiger partial charge in [0.15, 0.2) is 0 Å². The van der Waals surface area contributed by atoms with Gasteiger partial charge in [-0.2, -0.15) is 18.4 Å². The Morgan fingerprint density at radius 3 is 2.49 bits per heavy atom. The maximum absolute atomic E-state index is 13.6. The Labute approximate surface area is 247 Å². The van der Waals surface area contributed by atoms with Gasteiger partial charge in [0.05, 0.1) is 35.6 Å². The second kappa shape index (κ2) is 11.6. The summed E-state index contributed by atoms with van der Waals surface area (Å²) in [5, 5.41) is 7.61. The van der Waals surface area contributed by atoms with Gasteiger partial charge in [-0.3, -0.25) is 4.79 Å². The van der Waals surface area contributed by atoms with Gasteiger partial charge < -0.3 is 15.8 Å². The molecule has 1 unspecified atom stereocenters. The summed E-state index contributed by atoms with van der Waals surface area (Å²) in [7, 11) is 0. The van der Waals surface area contributed by atoms with E-state index in [4.69, 9.17) is 10.5 Å². The molecule has 1 saturated heterocycles. The molecule has 1 aliphatic rings. The van der Waals surface area contributed by atoms with Crippen molar-refractivity contribution in [2.75, 3.05) is 6.54 Å². The van der Waals surface area contributed by atoms with E-state index in [0.29, 0.717) is 36.0 Å². The van der Waals surface area contributed by atoms with E-state index < -0.39 is 34.5 Å². The number of halogens is 2. The van der Waals surface area contributed by atoms with E-state index in [1.165, 1.54) is 0 Å². The third kappa shape index (κ3) is 5.72. The predicted octanol–water partition coefficient (Wildman–Crippen LogP) is 5.52. The standard InChI is InChI=1S/C32H33F2N5O4/c1-20-9-8-16-39(20,31(35)42)29(40)23-12-7-13-25(17-23)38-27-15-14-26(18-24(27)19-36-38)43-28(22-10-5-4-6-11-22)21(2)37-30(41)32(3,33)34/h4-7,10-15,17-21,28H,8-9,16H2,1-3H3,(H2-,35,37,41,42)/p+1/t20-,21+,28+,39?/m1/s1. The molecule has 9 nitrogen and oxygen atoms in total. The lowest BCUT2D eigenvalue weighted by molar-refractivity contribution is -0.776. The van der Waals surface area contributed by atoms with Crippen LogP contribution in [0.1, 0.15) is 55.6 Å². The molecule has 1 fully saturated rings. The first kappa shape index (κ1) is 29.8. The first-order valence-electron chi connectivity index (χ1n) is 14.1. The number of imide groups is 1. The largest absolute Gasteiger partial charge is 0.484 e. The monoisotopic (exact) mass is 590 g/mol. The Kier molecular flexibility index (Phi) is 8.02. The zero-order valence-corrected chi connectivity index (χ0v) is 24.2. The topological polar surface area (TPSA) is 116 Å². The molecule has 4 atom stereocenters. The van der Waals surface area contributed by atoms with E-state index in [2.05, 4.69) is 10.4 Å². The van der Waals surface area contributed by atoms with Crippen LogP contribution in [0, 0.1) is 0 Å². The second-order valence-corrected chi connectivity index (χ2v) is 11.2. The summed E-state index contributed by atoms with van der Waals surface area (Å²) in [5.74, 6) is -4.80. The highest BCUT2D eigenvalue weighted by molar-refractivity contribution is 5.96. The smallest absolute Gasteiger partial charge is 0.421 e. The molecule has 0 bridgehead atoms. The van der Waals surface area contributed by atoms with Crippen LogP contribution in [-0.2, 0) is 4.79 Å². The molecule has 3 N–H and O–H groups in total. The Morgan fingerprint density at radius 2 is 1.84 bits per heavy atom. The van der Waals surface area contributed by atoms with E-state index in [1.54, 1.807) is 78.5 Å². The summed E-state index contributed by atoms with van der Waals surface area (Å²) in [6.07, 6.45) is 2.38. The molecule has 0 spiro atoms. The number of nitrogens with zero attached hydrogens (tertiary/aromatic N) is 3. The zero-order chi connectivity index (χ0) is 30.9. The molecule has 43 heavy (non-hydrogen) atoms. The van der Waals surface area contributed by atoms with Crippen LogP contribution in [0.15, 0.2) is 79.0 Å². The number of primary amides is 1. The second-order valence-electron chi connectivity index (χ2n) is 11.2. The average molecular weight is 591 g/mol. The minimum atomic E-state index is -3.53. The molecule has 2 heterocycles. The Balaban J connectivity index is 1.43. The van der Waals surface area contributed by atoms with E-state index >= 15 is 0 Å². The lowest BCUT2D eigenvalue weighted by Gasteiger charge is -2.31. The number of quaternary nitrogens is 1. The van der Waals surface area contributed by atoms with Crippen molar-refractivity contribution in [3.8, 4) is 11.4 Å². The van der Waals surface area contributed by atoms with E-state index in [9.17, 15) is 23.2 Å². The van der Waals surface area contributed by atoms with Crippen molar-refractivity contribution in [3.63, 3.8) is 0 Å². The molecule has 224 valence electrons. The number of benzene rings is 3. The molecule has 3 aromatic carbocycles. The molecule has 11 heteroatoms. The van der Waals surface area contributed by atoms with Gasteiger partial charge in [-0.15, -0.1) is 0 Å². The zero-order valence-electron chi connectivity index (χ0n) is 24.2. The van der Waals surface area contributed by atoms with Crippen molar-refractivity contribution in [3.05, 3.63) is 90.1 Å². The molecule has 4 amide bonds. The maximum Gasteiger partial charge on any atom is 0.421 e. The summed E-state index contributed by atoms with van der Waals surface area (Å²) >= 11 is 0. The summed E-state index contributed by atoms with van der Waals surface area (Å²) < 4.78 is 34.7. The number of ether oxygens (including phenoxy) is 1. The summed E-state index contributed by atoms with van der Waals surface area (Å²) in [5.41, 5.74) is 8.18. The first-order valence-corrected chi connectivity index (χ1v) is 14.1. The van der Waals surface area contributed by atoms with Crippen LogP contribution < -0.4 is 15.8 Å². The van der Waals surface area contributed by atoms with Crippen LogP contribution in [0.3, 0.4) is 0 Å². The van der Waals surface area contributed by atoms with Crippen LogP contribution in [0.2, 0.25) is 0 Å². The van der Waals surface area contributed by atoms with E-state index in [-0.39, 0.29) is 11.9 Å². The van der Waals surface area contributed by atoms with Gasteiger partial charge in [0.2, 0.25) is 0 Å². The first-order chi connectivity index (χ1) is 20.4. The lowest BCUT2D eigenvalue weighted by Crippen LogP contribution is -2.61. The lowest BCUT2D eigenvalue weighted by atomic mass is 10.0. The predicted molar refractivity (Wildman–Crippen MR) is 157 cm³/mol. The number of nitrogens with one attached hydrogen (secondary N) is 1. The fourth-order valence-corrected chi connectivity index (χ4v) is 5.75. The Hall–Kier alpha value is -4.64. The molecule has 1 aliphatic heterocycles. The van der Waals surface area contributed by atoms with Gasteiger partial charge in [-0.25, -0.2) is 14.3 Å². The summed E-state index contributed by atoms with van der Waals surface area (Å²) in [4.78, 5) is 38.1. The number of aromatic nitrogens is 2. The molecule has 1 aromatic heterocycles. The van der Waals surface area contributed by atoms with Gasteiger partial charge in [-0.05, 0) is 55.8 Å². The van der Waals surface area contributed by atoms with Crippen molar-refractivity contribution in [2.45, 2.75) is 57.7 Å². The van der Waals surface area contributed by atoms with Crippen molar-refractivity contribution in [1.29, 1.82) is 0 Å². The number of likely N-dealkylation sites (tertiary alicyclic amines) is 1. The molecular formula is C32H34F2N5O4+. The number of rotatable bonds is 8. The van der Waals surface area contributed by atoms with Crippen LogP contribution in [0.4, 0.5) is 13.6 Å². The van der Waals surface area contributed by atoms with Crippen LogP contribution in [0.25, 0.3) is 16.6 Å². The Morgan fingerprint density at radius 1 is 1.09 bits per heavy atom. The van der Waals surface area contributed by atoms with E-state index in [1.807, 2.05) is 19.1 Å². The number of carbonyl (C=O) groups is 3. The van der Waals surface area contributed by atoms with E-state index in [0.717, 1.165) is 23.7 Å². The van der Waals surface area contributed by atoms with Crippen LogP contribution in [-0.4, -0.2) is 56.7 Å². The number of amides is 4. The van der Waals surface area contributed by atoms with Crippen molar-refractivity contribution < 1.29 is 32.4 Å². The normalized spacial score (nSPS) is 20.0. The summed E-state index contributed by atoms with van der Waals surface area (Å²) in [6.45, 7) is 4.41. The minimum absolute atomic E-state index is 0.202. The Bertz CT molecular complexity index is 1670. The third-order valence-corrected chi connectivity index (χ3v) is 8.12. The number of urea groups is 1. The van der Waals surface area contributed by atoms with Crippen LogP contribution >= 0.6 is 0 Å². The third-order valence-electron chi connectivity index (χ3n) is 8.12. The van der Waals surface area contributed by atoms with Gasteiger partial charge in [0.1, 0.15) is 17.9 Å². The number of fused-ring (bicyclic) bond motifs is 1.